The van der Waals surface area contributed by atoms with Crippen molar-refractivity contribution < 1.29 is 4.74 Å². The van der Waals surface area contributed by atoms with Gasteiger partial charge in [0, 0.05) is 52.5 Å². The molecule has 3 heterocycles. The summed E-state index contributed by atoms with van der Waals surface area (Å²) >= 11 is 5.47. The predicted octanol–water partition coefficient (Wildman–Crippen LogP) is 3.56. The van der Waals surface area contributed by atoms with E-state index < -0.39 is 0 Å². The second-order valence-electron chi connectivity index (χ2n) is 8.43. The van der Waals surface area contributed by atoms with E-state index in [2.05, 4.69) is 57.7 Å². The number of hydrogen-bond acceptors (Lipinski definition) is 6. The number of anilines is 3. The maximum atomic E-state index is 5.47. The molecule has 2 aliphatic heterocycles. The van der Waals surface area contributed by atoms with Gasteiger partial charge in [-0.15, -0.1) is 0 Å². The van der Waals surface area contributed by atoms with Gasteiger partial charge in [0.1, 0.15) is 11.6 Å². The van der Waals surface area contributed by atoms with Crippen LogP contribution in [0.1, 0.15) is 37.3 Å². The van der Waals surface area contributed by atoms with Gasteiger partial charge in [0.05, 0.1) is 0 Å². The molecule has 1 fully saturated rings. The van der Waals surface area contributed by atoms with E-state index in [1.54, 1.807) is 7.11 Å². The Kier molecular flexibility index (Phi) is 7.19. The van der Waals surface area contributed by atoms with Crippen LogP contribution in [0.25, 0.3) is 0 Å². The van der Waals surface area contributed by atoms with Gasteiger partial charge in [0.25, 0.3) is 0 Å². The molecule has 2 aromatic rings. The Morgan fingerprint density at radius 1 is 1.10 bits per heavy atom. The summed E-state index contributed by atoms with van der Waals surface area (Å²) in [6.07, 6.45) is 3.27. The van der Waals surface area contributed by atoms with E-state index in [-0.39, 0.29) is 0 Å². The zero-order valence-electron chi connectivity index (χ0n) is 18.4. The molecule has 166 valence electrons. The van der Waals surface area contributed by atoms with Crippen molar-refractivity contribution in [1.82, 2.24) is 15.3 Å². The number of piperidine rings is 1. The van der Waals surface area contributed by atoms with Crippen molar-refractivity contribution in [3.8, 4) is 0 Å². The first-order chi connectivity index (χ1) is 15.1. The highest BCUT2D eigenvalue weighted by Crippen LogP contribution is 2.31. The lowest BCUT2D eigenvalue weighted by Crippen LogP contribution is -2.34. The zero-order valence-corrected chi connectivity index (χ0v) is 19.2. The fourth-order valence-corrected chi connectivity index (χ4v) is 4.29. The quantitative estimate of drug-likeness (QED) is 0.501. The van der Waals surface area contributed by atoms with Gasteiger partial charge < -0.3 is 25.2 Å². The van der Waals surface area contributed by atoms with E-state index in [1.165, 1.54) is 24.0 Å². The summed E-state index contributed by atoms with van der Waals surface area (Å²) in [6, 6.07) is 10.7. The van der Waals surface area contributed by atoms with Crippen LogP contribution in [0, 0.1) is 5.92 Å². The van der Waals surface area contributed by atoms with Gasteiger partial charge in [0.2, 0.25) is 5.95 Å². The van der Waals surface area contributed by atoms with E-state index >= 15 is 0 Å². The molecule has 0 radical (unpaired) electrons. The summed E-state index contributed by atoms with van der Waals surface area (Å²) in [6.45, 7) is 7.55. The summed E-state index contributed by atoms with van der Waals surface area (Å²) in [5.74, 6) is 3.22. The number of rotatable bonds is 7. The van der Waals surface area contributed by atoms with E-state index in [9.17, 15) is 0 Å². The molecule has 1 aromatic carbocycles. The maximum Gasteiger partial charge on any atom is 0.232 e. The van der Waals surface area contributed by atoms with Crippen LogP contribution in [0.3, 0.4) is 0 Å². The molecule has 7 nitrogen and oxygen atoms in total. The molecular weight excluding hydrogens is 408 g/mol. The topological polar surface area (TPSA) is 65.6 Å². The molecule has 1 saturated heterocycles. The smallest absolute Gasteiger partial charge is 0.232 e. The summed E-state index contributed by atoms with van der Waals surface area (Å²) < 4.78 is 5.09. The molecule has 1 aromatic heterocycles. The SMILES string of the molecule is COCCCNC(=S)Nc1nc(N2CCC(C)CC2)cc(N2Cc3ccccc3C2)n1. The van der Waals surface area contributed by atoms with Crippen molar-refractivity contribution in [2.45, 2.75) is 39.3 Å². The van der Waals surface area contributed by atoms with Crippen LogP contribution in [0.4, 0.5) is 17.6 Å². The lowest BCUT2D eigenvalue weighted by molar-refractivity contribution is 0.196. The standard InChI is InChI=1S/C23H32N6OS/c1-17-8-11-28(12-9-17)20-14-21(29-15-18-6-3-4-7-19(18)16-29)26-22(25-20)27-23(31)24-10-5-13-30-2/h3-4,6-7,14,17H,5,8-13,15-16H2,1-2H3,(H2,24,25,26,27,31). The Morgan fingerprint density at radius 2 is 1.74 bits per heavy atom. The minimum absolute atomic E-state index is 0.538. The molecule has 2 aliphatic rings. The number of hydrogen-bond donors (Lipinski definition) is 2. The molecule has 4 rings (SSSR count). The minimum atomic E-state index is 0.538. The third-order valence-corrected chi connectivity index (χ3v) is 6.25. The molecule has 0 saturated carbocycles. The Morgan fingerprint density at radius 3 is 2.39 bits per heavy atom. The molecule has 0 atom stereocenters. The third kappa shape index (κ3) is 5.62. The first kappa shape index (κ1) is 21.8. The van der Waals surface area contributed by atoms with Gasteiger partial charge in [-0.3, -0.25) is 0 Å². The number of ether oxygens (including phenoxy) is 1. The maximum absolute atomic E-state index is 5.47. The number of fused-ring (bicyclic) bond motifs is 1. The summed E-state index contributed by atoms with van der Waals surface area (Å²) in [7, 11) is 1.70. The molecule has 8 heteroatoms. The van der Waals surface area contributed by atoms with E-state index in [4.69, 9.17) is 26.9 Å². The normalized spacial score (nSPS) is 16.3. The molecule has 0 spiro atoms. The highest BCUT2D eigenvalue weighted by Gasteiger charge is 2.23. The van der Waals surface area contributed by atoms with Gasteiger partial charge in [-0.25, -0.2) is 0 Å². The molecule has 0 unspecified atom stereocenters. The number of nitrogens with one attached hydrogen (secondary N) is 2. The molecular formula is C23H32N6OS. The van der Waals surface area contributed by atoms with Gasteiger partial charge in [-0.05, 0) is 48.5 Å². The van der Waals surface area contributed by atoms with Gasteiger partial charge in [-0.1, -0.05) is 31.2 Å². The van der Waals surface area contributed by atoms with E-state index in [0.29, 0.717) is 17.7 Å². The van der Waals surface area contributed by atoms with Crippen molar-refractivity contribution in [1.29, 1.82) is 0 Å². The van der Waals surface area contributed by atoms with Crippen LogP contribution in [0.15, 0.2) is 30.3 Å². The van der Waals surface area contributed by atoms with Crippen molar-refractivity contribution in [2.24, 2.45) is 5.92 Å². The van der Waals surface area contributed by atoms with Crippen LogP contribution >= 0.6 is 12.2 Å². The Bertz CT molecular complexity index is 874. The lowest BCUT2D eigenvalue weighted by atomic mass is 9.99. The number of benzene rings is 1. The second kappa shape index (κ2) is 10.2. The molecule has 31 heavy (non-hydrogen) atoms. The van der Waals surface area contributed by atoms with Crippen LogP contribution in [-0.4, -0.2) is 48.4 Å². The molecule has 2 N–H and O–H groups in total. The number of nitrogens with zero attached hydrogens (tertiary/aromatic N) is 4. The van der Waals surface area contributed by atoms with Crippen molar-refractivity contribution in [2.75, 3.05) is 48.5 Å². The molecule has 0 bridgehead atoms. The van der Waals surface area contributed by atoms with Gasteiger partial charge in [0.15, 0.2) is 5.11 Å². The number of aromatic nitrogens is 2. The monoisotopic (exact) mass is 440 g/mol. The first-order valence-corrected chi connectivity index (χ1v) is 11.5. The summed E-state index contributed by atoms with van der Waals surface area (Å²) in [5, 5.41) is 6.94. The fourth-order valence-electron chi connectivity index (χ4n) is 4.10. The Balaban J connectivity index is 1.52. The Hall–Kier alpha value is -2.45. The summed E-state index contributed by atoms with van der Waals surface area (Å²) in [5.41, 5.74) is 2.72. The number of methoxy groups -OCH3 is 1. The van der Waals surface area contributed by atoms with E-state index in [1.807, 2.05) is 0 Å². The van der Waals surface area contributed by atoms with Crippen molar-refractivity contribution in [3.05, 3.63) is 41.5 Å². The van der Waals surface area contributed by atoms with Crippen molar-refractivity contribution in [3.63, 3.8) is 0 Å². The molecule has 0 amide bonds. The average molecular weight is 441 g/mol. The lowest BCUT2D eigenvalue weighted by Gasteiger charge is -2.32. The second-order valence-corrected chi connectivity index (χ2v) is 8.84. The van der Waals surface area contributed by atoms with Crippen LogP contribution < -0.4 is 20.4 Å². The van der Waals surface area contributed by atoms with Crippen molar-refractivity contribution >= 4 is 34.9 Å². The highest BCUT2D eigenvalue weighted by atomic mass is 32.1. The largest absolute Gasteiger partial charge is 0.385 e. The third-order valence-electron chi connectivity index (χ3n) is 6.01. The fraction of sp³-hybridized carbons (Fsp3) is 0.522. The summed E-state index contributed by atoms with van der Waals surface area (Å²) in [4.78, 5) is 14.3. The minimum Gasteiger partial charge on any atom is -0.385 e. The first-order valence-electron chi connectivity index (χ1n) is 11.1. The van der Waals surface area contributed by atoms with Gasteiger partial charge in [-0.2, -0.15) is 9.97 Å². The molecule has 0 aliphatic carbocycles. The zero-order chi connectivity index (χ0) is 21.6. The van der Waals surface area contributed by atoms with Gasteiger partial charge >= 0.3 is 0 Å². The van der Waals surface area contributed by atoms with E-state index in [0.717, 1.165) is 56.7 Å². The van der Waals surface area contributed by atoms with Crippen LogP contribution in [0.2, 0.25) is 0 Å². The average Bonchev–Trinajstić information content (AvgIpc) is 3.21. The van der Waals surface area contributed by atoms with Crippen LogP contribution in [-0.2, 0) is 17.8 Å². The predicted molar refractivity (Wildman–Crippen MR) is 130 cm³/mol. The van der Waals surface area contributed by atoms with Crippen LogP contribution in [0.5, 0.6) is 0 Å². The Labute approximate surface area is 190 Å². The number of thiocarbonyl (C=S) groups is 1. The highest BCUT2D eigenvalue weighted by molar-refractivity contribution is 7.80.